The van der Waals surface area contributed by atoms with E-state index >= 15 is 0 Å². The van der Waals surface area contributed by atoms with Gasteiger partial charge in [0, 0.05) is 0 Å². The molecule has 1 aliphatic carbocycles. The second-order valence-corrected chi connectivity index (χ2v) is 6.03. The van der Waals surface area contributed by atoms with Crippen LogP contribution in [0.5, 0.6) is 0 Å². The second kappa shape index (κ2) is 6.77. The first-order chi connectivity index (χ1) is 11.1. The average Bonchev–Trinajstić information content (AvgIpc) is 2.57. The average molecular weight is 312 g/mol. The van der Waals surface area contributed by atoms with E-state index in [1.165, 1.54) is 10.8 Å². The third-order valence-corrected chi connectivity index (χ3v) is 4.42. The lowest BCUT2D eigenvalue weighted by atomic mass is 9.85. The fraction of sp³-hybridized carbons (Fsp3) is 0.389. The van der Waals surface area contributed by atoms with Crippen LogP contribution in [0.3, 0.4) is 0 Å². The highest BCUT2D eigenvalue weighted by Crippen LogP contribution is 2.25. The first-order valence-corrected chi connectivity index (χ1v) is 7.90. The zero-order valence-electron chi connectivity index (χ0n) is 13.1. The number of benzene rings is 1. The molecule has 2 aromatic rings. The molecule has 2 atom stereocenters. The summed E-state index contributed by atoms with van der Waals surface area (Å²) in [5.74, 6) is 0.484. The summed E-state index contributed by atoms with van der Waals surface area (Å²) in [5.41, 5.74) is 1.03. The number of hydrogen-bond acceptors (Lipinski definition) is 4. The minimum Gasteiger partial charge on any atom is -0.464 e. The van der Waals surface area contributed by atoms with Gasteiger partial charge >= 0.3 is 5.97 Å². The smallest absolute Gasteiger partial charge is 0.326 e. The Hall–Kier alpha value is -2.43. The summed E-state index contributed by atoms with van der Waals surface area (Å²) < 4.78 is 6.82. The summed E-state index contributed by atoms with van der Waals surface area (Å²) in [7, 11) is 0. The van der Waals surface area contributed by atoms with E-state index in [9.17, 15) is 9.59 Å². The van der Waals surface area contributed by atoms with Gasteiger partial charge in [0.15, 0.2) is 0 Å². The maximum absolute atomic E-state index is 12.1. The molecule has 1 aliphatic rings. The van der Waals surface area contributed by atoms with Crippen molar-refractivity contribution in [3.63, 3.8) is 0 Å². The largest absolute Gasteiger partial charge is 0.464 e. The Morgan fingerprint density at radius 3 is 2.91 bits per heavy atom. The molecule has 0 bridgehead atoms. The van der Waals surface area contributed by atoms with Crippen LogP contribution in [0.1, 0.15) is 19.8 Å². The molecule has 23 heavy (non-hydrogen) atoms. The van der Waals surface area contributed by atoms with Crippen molar-refractivity contribution in [1.29, 1.82) is 0 Å². The molecule has 0 amide bonds. The molecule has 2 unspecified atom stereocenters. The van der Waals surface area contributed by atoms with Crippen molar-refractivity contribution in [3.05, 3.63) is 53.0 Å². The second-order valence-electron chi connectivity index (χ2n) is 6.03. The summed E-state index contributed by atoms with van der Waals surface area (Å²) in [5, 5.41) is 0. The van der Waals surface area contributed by atoms with Gasteiger partial charge < -0.3 is 4.74 Å². The number of aromatic nitrogens is 2. The highest BCUT2D eigenvalue weighted by Gasteiger charge is 2.20. The summed E-state index contributed by atoms with van der Waals surface area (Å²) in [6.07, 6.45) is 7.51. The molecule has 1 aromatic heterocycles. The zero-order chi connectivity index (χ0) is 16.2. The van der Waals surface area contributed by atoms with Gasteiger partial charge in [0.1, 0.15) is 6.54 Å². The lowest BCUT2D eigenvalue weighted by Crippen LogP contribution is -2.28. The van der Waals surface area contributed by atoms with Crippen LogP contribution in [-0.4, -0.2) is 22.1 Å². The molecule has 0 aliphatic heterocycles. The van der Waals surface area contributed by atoms with Crippen LogP contribution in [0.25, 0.3) is 11.0 Å². The van der Waals surface area contributed by atoms with E-state index in [0.717, 1.165) is 12.8 Å². The molecule has 0 N–H and O–H groups in total. The van der Waals surface area contributed by atoms with E-state index in [1.54, 1.807) is 6.07 Å². The number of ether oxygens (including phenoxy) is 1. The molecule has 0 saturated heterocycles. The first-order valence-electron chi connectivity index (χ1n) is 7.90. The molecular formula is C18H20N2O3. The number of para-hydroxylation sites is 2. The molecule has 3 rings (SSSR count). The van der Waals surface area contributed by atoms with Crippen LogP contribution < -0.4 is 5.56 Å². The third kappa shape index (κ3) is 3.50. The number of fused-ring (bicyclic) bond motifs is 1. The van der Waals surface area contributed by atoms with Gasteiger partial charge in [0.25, 0.3) is 5.56 Å². The Morgan fingerprint density at radius 1 is 1.30 bits per heavy atom. The van der Waals surface area contributed by atoms with Gasteiger partial charge in [-0.1, -0.05) is 31.2 Å². The van der Waals surface area contributed by atoms with E-state index in [-0.39, 0.29) is 18.1 Å². The minimum absolute atomic E-state index is 0.0845. The number of esters is 1. The van der Waals surface area contributed by atoms with Crippen molar-refractivity contribution in [2.75, 3.05) is 6.61 Å². The van der Waals surface area contributed by atoms with Crippen molar-refractivity contribution in [3.8, 4) is 0 Å². The highest BCUT2D eigenvalue weighted by molar-refractivity contribution is 5.77. The predicted molar refractivity (Wildman–Crippen MR) is 88.0 cm³/mol. The number of nitrogens with zero attached hydrogens (tertiary/aromatic N) is 2. The molecular weight excluding hydrogens is 292 g/mol. The quantitative estimate of drug-likeness (QED) is 0.643. The summed E-state index contributed by atoms with van der Waals surface area (Å²) >= 11 is 0. The fourth-order valence-corrected chi connectivity index (χ4v) is 2.89. The van der Waals surface area contributed by atoms with Gasteiger partial charge in [-0.15, -0.1) is 0 Å². The molecule has 0 radical (unpaired) electrons. The SMILES string of the molecule is CC1CC=CCC1COC(=O)Cn1c(=O)cnc2ccccc21. The van der Waals surface area contributed by atoms with Crippen molar-refractivity contribution in [2.24, 2.45) is 11.8 Å². The van der Waals surface area contributed by atoms with Gasteiger partial charge in [-0.25, -0.2) is 4.98 Å². The van der Waals surface area contributed by atoms with Gasteiger partial charge in [-0.2, -0.15) is 0 Å². The number of carbonyl (C=O) groups excluding carboxylic acids is 1. The predicted octanol–water partition coefficient (Wildman–Crippen LogP) is 2.54. The Balaban J connectivity index is 1.70. The molecule has 0 fully saturated rings. The van der Waals surface area contributed by atoms with Gasteiger partial charge in [-0.3, -0.25) is 14.2 Å². The maximum Gasteiger partial charge on any atom is 0.326 e. The molecule has 120 valence electrons. The Kier molecular flexibility index (Phi) is 4.55. The topological polar surface area (TPSA) is 61.2 Å². The van der Waals surface area contributed by atoms with Crippen molar-refractivity contribution in [2.45, 2.75) is 26.3 Å². The van der Waals surface area contributed by atoms with Gasteiger partial charge in [-0.05, 0) is 36.8 Å². The molecule has 0 spiro atoms. The summed E-state index contributed by atoms with van der Waals surface area (Å²) in [4.78, 5) is 28.2. The van der Waals surface area contributed by atoms with Gasteiger partial charge in [0.2, 0.25) is 0 Å². The molecule has 5 heteroatoms. The zero-order valence-corrected chi connectivity index (χ0v) is 13.1. The number of rotatable bonds is 4. The number of allylic oxidation sites excluding steroid dienone is 2. The van der Waals surface area contributed by atoms with Crippen molar-refractivity contribution < 1.29 is 9.53 Å². The minimum atomic E-state index is -0.384. The summed E-state index contributed by atoms with van der Waals surface area (Å²) in [6, 6.07) is 7.26. The lowest BCUT2D eigenvalue weighted by molar-refractivity contribution is -0.146. The summed E-state index contributed by atoms with van der Waals surface area (Å²) in [6.45, 7) is 2.49. The van der Waals surface area contributed by atoms with E-state index < -0.39 is 0 Å². The van der Waals surface area contributed by atoms with Gasteiger partial charge in [0.05, 0.1) is 23.8 Å². The van der Waals surface area contributed by atoms with E-state index in [4.69, 9.17) is 4.74 Å². The molecule has 5 nitrogen and oxygen atoms in total. The van der Waals surface area contributed by atoms with Crippen LogP contribution in [0.15, 0.2) is 47.4 Å². The number of hydrogen-bond donors (Lipinski definition) is 0. The standard InChI is InChI=1S/C18H20N2O3/c1-13-6-2-3-7-14(13)12-23-18(22)11-20-16-9-5-4-8-15(16)19-10-17(20)21/h2-5,8-10,13-14H,6-7,11-12H2,1H3. The van der Waals surface area contributed by atoms with E-state index in [2.05, 4.69) is 24.1 Å². The van der Waals surface area contributed by atoms with Crippen molar-refractivity contribution >= 4 is 17.0 Å². The lowest BCUT2D eigenvalue weighted by Gasteiger charge is -2.24. The van der Waals surface area contributed by atoms with Crippen LogP contribution in [0, 0.1) is 11.8 Å². The fourth-order valence-electron chi connectivity index (χ4n) is 2.89. The van der Waals surface area contributed by atoms with Crippen molar-refractivity contribution in [1.82, 2.24) is 9.55 Å². The molecule has 1 heterocycles. The normalized spacial score (nSPS) is 20.6. The Morgan fingerprint density at radius 2 is 2.09 bits per heavy atom. The maximum atomic E-state index is 12.1. The van der Waals surface area contributed by atoms with E-state index in [1.807, 2.05) is 18.2 Å². The molecule has 1 aromatic carbocycles. The number of carbonyl (C=O) groups is 1. The highest BCUT2D eigenvalue weighted by atomic mass is 16.5. The van der Waals surface area contributed by atoms with Crippen LogP contribution in [0.2, 0.25) is 0 Å². The van der Waals surface area contributed by atoms with Crippen LogP contribution in [-0.2, 0) is 16.1 Å². The Bertz CT molecular complexity index is 794. The molecule has 0 saturated carbocycles. The third-order valence-electron chi connectivity index (χ3n) is 4.42. The van der Waals surface area contributed by atoms with Crippen LogP contribution in [0.4, 0.5) is 0 Å². The Labute approximate surface area is 134 Å². The van der Waals surface area contributed by atoms with E-state index in [0.29, 0.717) is 29.5 Å². The first kappa shape index (κ1) is 15.5. The van der Waals surface area contributed by atoms with Crippen LogP contribution >= 0.6 is 0 Å². The monoisotopic (exact) mass is 312 g/mol.